The summed E-state index contributed by atoms with van der Waals surface area (Å²) in [5, 5.41) is 9.93. The van der Waals surface area contributed by atoms with Crippen molar-refractivity contribution in [3.8, 4) is 6.07 Å². The van der Waals surface area contributed by atoms with Gasteiger partial charge < -0.3 is 9.88 Å². The molecule has 27 heavy (non-hydrogen) atoms. The van der Waals surface area contributed by atoms with Crippen molar-refractivity contribution in [2.45, 2.75) is 13.5 Å². The molecule has 0 aliphatic rings. The predicted octanol–water partition coefficient (Wildman–Crippen LogP) is 0.219. The Morgan fingerprint density at radius 2 is 1.89 bits per heavy atom. The predicted molar refractivity (Wildman–Crippen MR) is 101 cm³/mol. The van der Waals surface area contributed by atoms with Crippen LogP contribution in [0.3, 0.4) is 0 Å². The van der Waals surface area contributed by atoms with Crippen LogP contribution in [0.25, 0.3) is 10.9 Å². The molecule has 0 fully saturated rings. The van der Waals surface area contributed by atoms with E-state index in [1.54, 1.807) is 29.2 Å². The van der Waals surface area contributed by atoms with Crippen LogP contribution < -0.4 is 21.7 Å². The van der Waals surface area contributed by atoms with Gasteiger partial charge >= 0.3 is 5.69 Å². The zero-order chi connectivity index (χ0) is 19.7. The summed E-state index contributed by atoms with van der Waals surface area (Å²) >= 11 is 0. The average Bonchev–Trinajstić information content (AvgIpc) is 2.67. The van der Waals surface area contributed by atoms with Crippen LogP contribution in [0.4, 0.5) is 5.82 Å². The fourth-order valence-corrected chi connectivity index (χ4v) is 3.03. The summed E-state index contributed by atoms with van der Waals surface area (Å²) in [7, 11) is 2.82. The summed E-state index contributed by atoms with van der Waals surface area (Å²) in [6.45, 7) is 2.35. The third kappa shape index (κ3) is 3.01. The third-order valence-corrected chi connectivity index (χ3v) is 4.43. The maximum atomic E-state index is 12.3. The zero-order valence-corrected chi connectivity index (χ0v) is 15.2. The Labute approximate surface area is 153 Å². The molecule has 0 aliphatic carbocycles. The lowest BCUT2D eigenvalue weighted by molar-refractivity contribution is 0.650. The molecule has 138 valence electrons. The van der Waals surface area contributed by atoms with Crippen molar-refractivity contribution in [2.24, 2.45) is 14.1 Å². The number of aromatic nitrogens is 4. The highest BCUT2D eigenvalue weighted by atomic mass is 16.2. The highest BCUT2D eigenvalue weighted by Gasteiger charge is 2.21. The monoisotopic (exact) mass is 366 g/mol. The van der Waals surface area contributed by atoms with Gasteiger partial charge in [0.1, 0.15) is 17.7 Å². The van der Waals surface area contributed by atoms with Gasteiger partial charge in [-0.1, -0.05) is 12.1 Å². The van der Waals surface area contributed by atoms with Gasteiger partial charge in [-0.25, -0.2) is 9.78 Å². The lowest BCUT2D eigenvalue weighted by atomic mass is 10.2. The molecule has 1 N–H and O–H groups in total. The van der Waals surface area contributed by atoms with E-state index in [2.05, 4.69) is 9.97 Å². The molecular weight excluding hydrogens is 348 g/mol. The molecule has 0 spiro atoms. The van der Waals surface area contributed by atoms with Crippen molar-refractivity contribution in [3.63, 3.8) is 0 Å². The van der Waals surface area contributed by atoms with E-state index in [1.165, 1.54) is 18.7 Å². The molecule has 2 heterocycles. The van der Waals surface area contributed by atoms with Crippen LogP contribution in [0, 0.1) is 11.3 Å². The van der Waals surface area contributed by atoms with E-state index in [-0.39, 0.29) is 23.5 Å². The second kappa shape index (κ2) is 6.92. The summed E-state index contributed by atoms with van der Waals surface area (Å²) in [4.78, 5) is 45.7. The quantitative estimate of drug-likeness (QED) is 0.706. The van der Waals surface area contributed by atoms with E-state index in [1.807, 2.05) is 13.0 Å². The molecule has 0 radical (unpaired) electrons. The minimum absolute atomic E-state index is 0.131. The Morgan fingerprint density at radius 1 is 1.19 bits per heavy atom. The van der Waals surface area contributed by atoms with Crippen LogP contribution in [0.15, 0.2) is 38.6 Å². The SMILES string of the molecule is CCN(Cc1nc2ccccc2c(=O)[nH]1)c1c(C#N)c(=O)n(C)c(=O)n1C. The van der Waals surface area contributed by atoms with Gasteiger partial charge in [-0.3, -0.25) is 18.7 Å². The number of fused-ring (bicyclic) bond motifs is 1. The molecule has 0 aliphatic heterocycles. The molecule has 3 rings (SSSR count). The first kappa shape index (κ1) is 18.1. The fraction of sp³-hybridized carbons (Fsp3) is 0.278. The van der Waals surface area contributed by atoms with Crippen LogP contribution in [0.1, 0.15) is 18.3 Å². The number of para-hydroxylation sites is 1. The largest absolute Gasteiger partial charge is 0.349 e. The molecule has 0 unspecified atom stereocenters. The van der Waals surface area contributed by atoms with Crippen LogP contribution in [-0.2, 0) is 20.6 Å². The normalized spacial score (nSPS) is 10.7. The van der Waals surface area contributed by atoms with E-state index in [0.717, 1.165) is 4.57 Å². The zero-order valence-electron chi connectivity index (χ0n) is 15.2. The summed E-state index contributed by atoms with van der Waals surface area (Å²) in [6.07, 6.45) is 0. The van der Waals surface area contributed by atoms with Crippen molar-refractivity contribution in [1.82, 2.24) is 19.1 Å². The molecule has 2 aromatic heterocycles. The Kier molecular flexibility index (Phi) is 4.64. The summed E-state index contributed by atoms with van der Waals surface area (Å²) < 4.78 is 2.15. The first-order chi connectivity index (χ1) is 12.9. The van der Waals surface area contributed by atoms with Crippen molar-refractivity contribution in [1.29, 1.82) is 5.26 Å². The number of rotatable bonds is 4. The molecule has 9 nitrogen and oxygen atoms in total. The number of nitrogens with one attached hydrogen (secondary N) is 1. The molecule has 9 heteroatoms. The highest BCUT2D eigenvalue weighted by Crippen LogP contribution is 2.17. The Balaban J connectivity index is 2.16. The molecule has 0 saturated carbocycles. The van der Waals surface area contributed by atoms with E-state index < -0.39 is 11.2 Å². The van der Waals surface area contributed by atoms with Crippen LogP contribution in [0.5, 0.6) is 0 Å². The van der Waals surface area contributed by atoms with Gasteiger partial charge in [-0.05, 0) is 19.1 Å². The summed E-state index contributed by atoms with van der Waals surface area (Å²) in [6, 6.07) is 8.85. The molecule has 0 saturated heterocycles. The second-order valence-electron chi connectivity index (χ2n) is 6.06. The Morgan fingerprint density at radius 3 is 2.56 bits per heavy atom. The van der Waals surface area contributed by atoms with Gasteiger partial charge in [0.05, 0.1) is 17.4 Å². The maximum Gasteiger partial charge on any atom is 0.332 e. The first-order valence-corrected chi connectivity index (χ1v) is 8.32. The van der Waals surface area contributed by atoms with E-state index in [9.17, 15) is 19.6 Å². The second-order valence-corrected chi connectivity index (χ2v) is 6.06. The van der Waals surface area contributed by atoms with E-state index in [4.69, 9.17) is 0 Å². The Hall–Kier alpha value is -3.67. The van der Waals surface area contributed by atoms with E-state index >= 15 is 0 Å². The number of anilines is 1. The molecule has 3 aromatic rings. The number of nitriles is 1. The van der Waals surface area contributed by atoms with Crippen molar-refractivity contribution in [3.05, 3.63) is 66.8 Å². The maximum absolute atomic E-state index is 12.3. The van der Waals surface area contributed by atoms with Crippen LogP contribution >= 0.6 is 0 Å². The van der Waals surface area contributed by atoms with Gasteiger partial charge in [0.25, 0.3) is 11.1 Å². The van der Waals surface area contributed by atoms with Gasteiger partial charge in [-0.15, -0.1) is 0 Å². The lowest BCUT2D eigenvalue weighted by Crippen LogP contribution is -2.42. The summed E-state index contributed by atoms with van der Waals surface area (Å²) in [5.41, 5.74) is -1.05. The number of hydrogen-bond acceptors (Lipinski definition) is 6. The summed E-state index contributed by atoms with van der Waals surface area (Å²) in [5.74, 6) is 0.571. The highest BCUT2D eigenvalue weighted by molar-refractivity contribution is 5.77. The Bertz CT molecular complexity index is 1250. The van der Waals surface area contributed by atoms with Gasteiger partial charge in [0.2, 0.25) is 0 Å². The first-order valence-electron chi connectivity index (χ1n) is 8.32. The number of nitrogens with zero attached hydrogens (tertiary/aromatic N) is 5. The minimum Gasteiger partial charge on any atom is -0.349 e. The smallest absolute Gasteiger partial charge is 0.332 e. The molecule has 0 bridgehead atoms. The van der Waals surface area contributed by atoms with Crippen LogP contribution in [-0.4, -0.2) is 25.6 Å². The number of aromatic amines is 1. The van der Waals surface area contributed by atoms with Gasteiger partial charge in [0.15, 0.2) is 5.56 Å². The molecule has 0 atom stereocenters. The molecular formula is C18H18N6O3. The van der Waals surface area contributed by atoms with Crippen molar-refractivity contribution >= 4 is 16.7 Å². The number of H-pyrrole nitrogens is 1. The third-order valence-electron chi connectivity index (χ3n) is 4.43. The van der Waals surface area contributed by atoms with Crippen molar-refractivity contribution in [2.75, 3.05) is 11.4 Å². The lowest BCUT2D eigenvalue weighted by Gasteiger charge is -2.25. The number of hydrogen-bond donors (Lipinski definition) is 1. The standard InChI is InChI=1S/C18H18N6O3/c1-4-24(16-12(9-19)17(26)23(3)18(27)22(16)2)10-14-20-13-8-6-5-7-11(13)15(25)21-14/h5-8H,4,10H2,1-3H3,(H,20,21,25). The molecule has 1 aromatic carbocycles. The van der Waals surface area contributed by atoms with Crippen LogP contribution in [0.2, 0.25) is 0 Å². The van der Waals surface area contributed by atoms with Gasteiger partial charge in [0, 0.05) is 20.6 Å². The fourth-order valence-electron chi connectivity index (χ4n) is 3.03. The average molecular weight is 366 g/mol. The van der Waals surface area contributed by atoms with Crippen molar-refractivity contribution < 1.29 is 0 Å². The minimum atomic E-state index is -0.658. The topological polar surface area (TPSA) is 117 Å². The van der Waals surface area contributed by atoms with Gasteiger partial charge in [-0.2, -0.15) is 5.26 Å². The number of benzene rings is 1. The van der Waals surface area contributed by atoms with E-state index in [0.29, 0.717) is 23.3 Å². The molecule has 0 amide bonds.